The molecule has 2 saturated heterocycles. The first-order valence-corrected chi connectivity index (χ1v) is 9.13. The first kappa shape index (κ1) is 16.8. The lowest BCUT2D eigenvalue weighted by Gasteiger charge is -2.38. The van der Waals surface area contributed by atoms with Crippen molar-refractivity contribution in [3.8, 4) is 0 Å². The quantitative estimate of drug-likeness (QED) is 0.802. The third kappa shape index (κ3) is 3.24. The predicted molar refractivity (Wildman–Crippen MR) is 95.7 cm³/mol. The second-order valence-corrected chi connectivity index (χ2v) is 7.12. The van der Waals surface area contributed by atoms with Gasteiger partial charge in [-0.1, -0.05) is 18.6 Å². The summed E-state index contributed by atoms with van der Waals surface area (Å²) in [4.78, 5) is 14.5. The maximum atomic E-state index is 12.1. The lowest BCUT2D eigenvalue weighted by Crippen LogP contribution is -2.46. The maximum Gasteiger partial charge on any atom is 0.336 e. The minimum Gasteiger partial charge on any atom is -0.422 e. The Labute approximate surface area is 147 Å². The van der Waals surface area contributed by atoms with Gasteiger partial charge < -0.3 is 13.9 Å². The zero-order valence-corrected chi connectivity index (χ0v) is 14.9. The van der Waals surface area contributed by atoms with Gasteiger partial charge >= 0.3 is 5.63 Å². The van der Waals surface area contributed by atoms with Crippen molar-refractivity contribution in [1.82, 2.24) is 4.90 Å². The molecule has 3 heterocycles. The Morgan fingerprint density at radius 3 is 2.76 bits per heavy atom. The van der Waals surface area contributed by atoms with Crippen molar-refractivity contribution in [2.24, 2.45) is 0 Å². The van der Waals surface area contributed by atoms with Crippen LogP contribution in [0.25, 0.3) is 11.0 Å². The first-order valence-electron chi connectivity index (χ1n) is 9.13. The Morgan fingerprint density at radius 2 is 1.96 bits per heavy atom. The van der Waals surface area contributed by atoms with E-state index in [0.717, 1.165) is 41.6 Å². The second-order valence-electron chi connectivity index (χ2n) is 7.12. The average molecular weight is 343 g/mol. The Kier molecular flexibility index (Phi) is 4.63. The molecular weight excluding hydrogens is 318 g/mol. The molecule has 2 aliphatic rings. The van der Waals surface area contributed by atoms with Crippen LogP contribution in [-0.4, -0.2) is 37.0 Å². The van der Waals surface area contributed by atoms with E-state index in [-0.39, 0.29) is 18.0 Å². The van der Waals surface area contributed by atoms with E-state index in [1.54, 1.807) is 6.07 Å². The molecule has 134 valence electrons. The normalized spacial score (nSPS) is 22.7. The number of hydrogen-bond acceptors (Lipinski definition) is 5. The Hall–Kier alpha value is -1.69. The van der Waals surface area contributed by atoms with E-state index in [0.29, 0.717) is 18.8 Å². The fourth-order valence-electron chi connectivity index (χ4n) is 3.99. The van der Waals surface area contributed by atoms with E-state index in [9.17, 15) is 4.79 Å². The summed E-state index contributed by atoms with van der Waals surface area (Å²) in [6, 6.07) is 6.05. The van der Waals surface area contributed by atoms with Crippen molar-refractivity contribution in [1.29, 1.82) is 0 Å². The van der Waals surface area contributed by atoms with Crippen LogP contribution in [0.1, 0.15) is 36.0 Å². The molecule has 0 saturated carbocycles. The van der Waals surface area contributed by atoms with Crippen LogP contribution in [0.5, 0.6) is 0 Å². The smallest absolute Gasteiger partial charge is 0.336 e. The molecule has 2 fully saturated rings. The number of ether oxygens (including phenoxy) is 2. The lowest BCUT2D eigenvalue weighted by atomic mass is 9.98. The highest BCUT2D eigenvalue weighted by molar-refractivity contribution is 5.83. The molecular formula is C20H25NO4. The van der Waals surface area contributed by atoms with Gasteiger partial charge in [0.05, 0.1) is 19.3 Å². The highest BCUT2D eigenvalue weighted by atomic mass is 16.7. The minimum atomic E-state index is -0.280. The van der Waals surface area contributed by atoms with Gasteiger partial charge in [0.1, 0.15) is 5.58 Å². The predicted octanol–water partition coefficient (Wildman–Crippen LogP) is 3.14. The molecule has 0 N–H and O–H groups in total. The summed E-state index contributed by atoms with van der Waals surface area (Å²) >= 11 is 0. The number of rotatable bonds is 3. The fraction of sp³-hybridized carbons (Fsp3) is 0.550. The molecule has 25 heavy (non-hydrogen) atoms. The monoisotopic (exact) mass is 343 g/mol. The van der Waals surface area contributed by atoms with E-state index < -0.39 is 0 Å². The summed E-state index contributed by atoms with van der Waals surface area (Å²) in [5.41, 5.74) is 3.63. The Bertz CT molecular complexity index is 822. The van der Waals surface area contributed by atoms with Gasteiger partial charge in [-0.25, -0.2) is 4.79 Å². The van der Waals surface area contributed by atoms with Crippen molar-refractivity contribution < 1.29 is 13.9 Å². The van der Waals surface area contributed by atoms with Gasteiger partial charge in [0.15, 0.2) is 6.29 Å². The van der Waals surface area contributed by atoms with Gasteiger partial charge in [-0.2, -0.15) is 0 Å². The van der Waals surface area contributed by atoms with E-state index >= 15 is 0 Å². The molecule has 0 bridgehead atoms. The molecule has 1 aromatic carbocycles. The van der Waals surface area contributed by atoms with Crippen LogP contribution in [0.3, 0.4) is 0 Å². The number of hydrogen-bond donors (Lipinski definition) is 0. The molecule has 5 heteroatoms. The van der Waals surface area contributed by atoms with Crippen LogP contribution in [0.2, 0.25) is 0 Å². The summed E-state index contributed by atoms with van der Waals surface area (Å²) in [6.07, 6.45) is 3.29. The Morgan fingerprint density at radius 1 is 1.16 bits per heavy atom. The van der Waals surface area contributed by atoms with Crippen LogP contribution in [0.4, 0.5) is 0 Å². The second kappa shape index (κ2) is 6.90. The summed E-state index contributed by atoms with van der Waals surface area (Å²) < 4.78 is 17.0. The number of nitrogens with zero attached hydrogens (tertiary/aromatic N) is 1. The van der Waals surface area contributed by atoms with Gasteiger partial charge in [0, 0.05) is 18.0 Å². The fourth-order valence-corrected chi connectivity index (χ4v) is 3.99. The number of piperidine rings is 1. The van der Waals surface area contributed by atoms with E-state index in [1.165, 1.54) is 12.8 Å². The SMILES string of the molecule is Cc1ccc2c(CN3CCCCC3C3OCCO3)cc(=O)oc2c1C. The van der Waals surface area contributed by atoms with Crippen LogP contribution in [-0.2, 0) is 16.0 Å². The third-order valence-electron chi connectivity index (χ3n) is 5.52. The van der Waals surface area contributed by atoms with Crippen molar-refractivity contribution in [2.75, 3.05) is 19.8 Å². The van der Waals surface area contributed by atoms with Gasteiger partial charge in [-0.05, 0) is 49.9 Å². The molecule has 0 radical (unpaired) electrons. The number of aryl methyl sites for hydroxylation is 2. The summed E-state index contributed by atoms with van der Waals surface area (Å²) in [6.45, 7) is 7.11. The van der Waals surface area contributed by atoms with Crippen molar-refractivity contribution in [3.63, 3.8) is 0 Å². The molecule has 0 amide bonds. The molecule has 5 nitrogen and oxygen atoms in total. The zero-order chi connectivity index (χ0) is 17.4. The molecule has 0 aliphatic carbocycles. The summed E-state index contributed by atoms with van der Waals surface area (Å²) in [5.74, 6) is 0. The number of benzene rings is 1. The van der Waals surface area contributed by atoms with Crippen LogP contribution in [0, 0.1) is 13.8 Å². The summed E-state index contributed by atoms with van der Waals surface area (Å²) in [7, 11) is 0. The van der Waals surface area contributed by atoms with Crippen molar-refractivity contribution in [2.45, 2.75) is 52.0 Å². The van der Waals surface area contributed by atoms with Gasteiger partial charge in [-0.3, -0.25) is 4.90 Å². The van der Waals surface area contributed by atoms with Gasteiger partial charge in [0.25, 0.3) is 0 Å². The Balaban J connectivity index is 1.69. The highest BCUT2D eigenvalue weighted by Gasteiger charge is 2.33. The molecule has 1 atom stereocenters. The molecule has 2 aromatic rings. The summed E-state index contributed by atoms with van der Waals surface area (Å²) in [5, 5.41) is 1.03. The van der Waals surface area contributed by atoms with Crippen LogP contribution < -0.4 is 5.63 Å². The highest BCUT2D eigenvalue weighted by Crippen LogP contribution is 2.29. The minimum absolute atomic E-state index is 0.143. The topological polar surface area (TPSA) is 51.9 Å². The number of fused-ring (bicyclic) bond motifs is 1. The first-order chi connectivity index (χ1) is 12.1. The van der Waals surface area contributed by atoms with E-state index in [1.807, 2.05) is 13.8 Å². The standard InChI is InChI=1S/C20H25NO4/c1-13-6-7-16-15(11-18(22)25-19(16)14(13)2)12-21-8-4-3-5-17(21)20-23-9-10-24-20/h6-7,11,17,20H,3-5,8-10,12H2,1-2H3. The number of likely N-dealkylation sites (tertiary alicyclic amines) is 1. The van der Waals surface area contributed by atoms with Crippen LogP contribution >= 0.6 is 0 Å². The molecule has 4 rings (SSSR count). The van der Waals surface area contributed by atoms with E-state index in [2.05, 4.69) is 17.0 Å². The van der Waals surface area contributed by atoms with Gasteiger partial charge in [0.2, 0.25) is 0 Å². The van der Waals surface area contributed by atoms with Crippen LogP contribution in [0.15, 0.2) is 27.4 Å². The average Bonchev–Trinajstić information content (AvgIpc) is 3.13. The molecule has 1 aromatic heterocycles. The zero-order valence-electron chi connectivity index (χ0n) is 14.9. The van der Waals surface area contributed by atoms with Gasteiger partial charge in [-0.15, -0.1) is 0 Å². The van der Waals surface area contributed by atoms with Crippen molar-refractivity contribution >= 4 is 11.0 Å². The largest absolute Gasteiger partial charge is 0.422 e. The third-order valence-corrected chi connectivity index (χ3v) is 5.52. The van der Waals surface area contributed by atoms with Crippen molar-refractivity contribution in [3.05, 3.63) is 45.3 Å². The molecule has 1 unspecified atom stereocenters. The van der Waals surface area contributed by atoms with E-state index in [4.69, 9.17) is 13.9 Å². The molecule has 2 aliphatic heterocycles. The maximum absolute atomic E-state index is 12.1. The molecule has 0 spiro atoms. The lowest BCUT2D eigenvalue weighted by molar-refractivity contribution is -0.111.